The van der Waals surface area contributed by atoms with Crippen LogP contribution in [0, 0.1) is 23.7 Å². The summed E-state index contributed by atoms with van der Waals surface area (Å²) in [6, 6.07) is -1.41. The van der Waals surface area contributed by atoms with E-state index in [0.29, 0.717) is 5.92 Å². The van der Waals surface area contributed by atoms with Crippen LogP contribution in [0.1, 0.15) is 78.6 Å². The number of nitrogens with one attached hydrogen (secondary N) is 1. The molecular formula is C25H46N4O5. The van der Waals surface area contributed by atoms with Crippen LogP contribution in [0.25, 0.3) is 0 Å². The second-order valence-electron chi connectivity index (χ2n) is 10.2. The van der Waals surface area contributed by atoms with Gasteiger partial charge in [0.25, 0.3) is 0 Å². The number of carbonyl (C=O) groups excluding carboxylic acids is 4. The highest BCUT2D eigenvalue weighted by molar-refractivity contribution is 5.95. The molecule has 9 heteroatoms. The number of hydrogen-bond donors (Lipinski definition) is 5. The fraction of sp³-hybridized carbons (Fsp3) is 0.840. The number of carbonyl (C=O) groups is 4. The van der Waals surface area contributed by atoms with E-state index in [2.05, 4.69) is 5.32 Å². The van der Waals surface area contributed by atoms with Gasteiger partial charge in [0.1, 0.15) is 17.6 Å². The predicted molar refractivity (Wildman–Crippen MR) is 132 cm³/mol. The Morgan fingerprint density at radius 2 is 1.56 bits per heavy atom. The van der Waals surface area contributed by atoms with Crippen LogP contribution in [0.4, 0.5) is 0 Å². The van der Waals surface area contributed by atoms with E-state index >= 15 is 0 Å². The molecule has 0 radical (unpaired) electrons. The number of aliphatic hydroxyl groups is 1. The van der Waals surface area contributed by atoms with E-state index in [9.17, 15) is 24.3 Å². The standard InChI is InChI=1S/C25H46N4O5/c1-15(2)24(33)19(14-27)12-22(32)23(16(3)30)29-25(34)18(9-10-26)11-20(31)13-21(28)17-7-5-4-6-8-17/h15-19,21,23,30H,4-14,26-28H2,1-3H3,(H,29,34)/t16?,18-,19+,21?,23+/m1/s1. The zero-order valence-electron chi connectivity index (χ0n) is 21.1. The molecule has 1 aliphatic rings. The minimum absolute atomic E-state index is 0.00871. The lowest BCUT2D eigenvalue weighted by atomic mass is 9.81. The molecule has 8 N–H and O–H groups in total. The van der Waals surface area contributed by atoms with Gasteiger partial charge in [0.05, 0.1) is 6.10 Å². The number of hydrogen-bond acceptors (Lipinski definition) is 8. The Hall–Kier alpha value is -1.68. The Morgan fingerprint density at radius 3 is 2.06 bits per heavy atom. The molecular weight excluding hydrogens is 436 g/mol. The van der Waals surface area contributed by atoms with Crippen molar-refractivity contribution < 1.29 is 24.3 Å². The Bertz CT molecular complexity index is 676. The van der Waals surface area contributed by atoms with Gasteiger partial charge in [-0.1, -0.05) is 33.1 Å². The van der Waals surface area contributed by atoms with Gasteiger partial charge < -0.3 is 27.6 Å². The summed E-state index contributed by atoms with van der Waals surface area (Å²) in [4.78, 5) is 50.8. The second kappa shape index (κ2) is 15.3. The summed E-state index contributed by atoms with van der Waals surface area (Å²) in [6.45, 7) is 5.08. The highest BCUT2D eigenvalue weighted by atomic mass is 16.3. The van der Waals surface area contributed by atoms with E-state index < -0.39 is 35.7 Å². The predicted octanol–water partition coefficient (Wildman–Crippen LogP) is 0.833. The van der Waals surface area contributed by atoms with Crippen LogP contribution in [0.2, 0.25) is 0 Å². The summed E-state index contributed by atoms with van der Waals surface area (Å²) in [5.74, 6) is -2.54. The molecule has 9 nitrogen and oxygen atoms in total. The molecule has 2 unspecified atom stereocenters. The first-order valence-corrected chi connectivity index (χ1v) is 12.7. The summed E-state index contributed by atoms with van der Waals surface area (Å²) < 4.78 is 0. The first-order chi connectivity index (χ1) is 16.0. The molecule has 0 spiro atoms. The van der Waals surface area contributed by atoms with Crippen molar-refractivity contribution in [3.05, 3.63) is 0 Å². The average molecular weight is 483 g/mol. The van der Waals surface area contributed by atoms with Crippen LogP contribution in [-0.2, 0) is 19.2 Å². The van der Waals surface area contributed by atoms with Gasteiger partial charge in [-0.2, -0.15) is 0 Å². The fourth-order valence-corrected chi connectivity index (χ4v) is 4.76. The second-order valence-corrected chi connectivity index (χ2v) is 10.2. The molecule has 1 rings (SSSR count). The van der Waals surface area contributed by atoms with Gasteiger partial charge in [-0.3, -0.25) is 19.2 Å². The van der Waals surface area contributed by atoms with Gasteiger partial charge in [0.15, 0.2) is 5.78 Å². The van der Waals surface area contributed by atoms with Crippen molar-refractivity contribution in [3.63, 3.8) is 0 Å². The molecule has 0 bridgehead atoms. The zero-order chi connectivity index (χ0) is 25.8. The lowest BCUT2D eigenvalue weighted by Gasteiger charge is -2.28. The van der Waals surface area contributed by atoms with Crippen molar-refractivity contribution in [3.8, 4) is 0 Å². The van der Waals surface area contributed by atoms with Crippen molar-refractivity contribution in [2.24, 2.45) is 40.9 Å². The minimum Gasteiger partial charge on any atom is -0.391 e. The Balaban J connectivity index is 2.78. The molecule has 0 aromatic carbocycles. The normalized spacial score (nSPS) is 19.2. The Kier molecular flexibility index (Phi) is 13.7. The number of Topliss-reactive ketones (excluding diaryl/α,β-unsaturated/α-hetero) is 3. The number of amides is 1. The minimum atomic E-state index is -1.19. The van der Waals surface area contributed by atoms with Crippen molar-refractivity contribution in [1.82, 2.24) is 5.32 Å². The van der Waals surface area contributed by atoms with Crippen molar-refractivity contribution in [2.45, 2.75) is 96.7 Å². The molecule has 196 valence electrons. The molecule has 1 saturated carbocycles. The number of ketones is 3. The highest BCUT2D eigenvalue weighted by Crippen LogP contribution is 2.27. The molecule has 0 heterocycles. The van der Waals surface area contributed by atoms with Crippen molar-refractivity contribution in [2.75, 3.05) is 13.1 Å². The van der Waals surface area contributed by atoms with Crippen LogP contribution in [0.5, 0.6) is 0 Å². The zero-order valence-corrected chi connectivity index (χ0v) is 21.1. The molecule has 5 atom stereocenters. The smallest absolute Gasteiger partial charge is 0.224 e. The monoisotopic (exact) mass is 482 g/mol. The molecule has 0 aliphatic heterocycles. The van der Waals surface area contributed by atoms with E-state index in [0.717, 1.165) is 25.7 Å². The lowest BCUT2D eigenvalue weighted by molar-refractivity contribution is -0.136. The van der Waals surface area contributed by atoms with E-state index in [1.807, 2.05) is 0 Å². The summed E-state index contributed by atoms with van der Waals surface area (Å²) in [5.41, 5.74) is 17.6. The maximum atomic E-state index is 13.0. The number of rotatable bonds is 16. The first-order valence-electron chi connectivity index (χ1n) is 12.7. The van der Waals surface area contributed by atoms with Crippen LogP contribution in [-0.4, -0.2) is 59.6 Å². The molecule has 0 aromatic heterocycles. The topological polar surface area (TPSA) is 179 Å². The van der Waals surface area contributed by atoms with E-state index in [1.165, 1.54) is 13.3 Å². The molecule has 1 fully saturated rings. The largest absolute Gasteiger partial charge is 0.391 e. The molecule has 1 amide bonds. The van der Waals surface area contributed by atoms with Crippen LogP contribution < -0.4 is 22.5 Å². The third-order valence-corrected chi connectivity index (χ3v) is 6.91. The summed E-state index contributed by atoms with van der Waals surface area (Å²) in [7, 11) is 0. The molecule has 34 heavy (non-hydrogen) atoms. The molecule has 1 aliphatic carbocycles. The maximum Gasteiger partial charge on any atom is 0.224 e. The van der Waals surface area contributed by atoms with Crippen molar-refractivity contribution in [1.29, 1.82) is 0 Å². The first kappa shape index (κ1) is 30.4. The van der Waals surface area contributed by atoms with Gasteiger partial charge in [-0.05, 0) is 38.6 Å². The van der Waals surface area contributed by atoms with E-state index in [-0.39, 0.29) is 62.3 Å². The third kappa shape index (κ3) is 9.90. The SMILES string of the molecule is CC(C)C(=O)[C@H](CN)CC(=O)[C@@H](NC(=O)[C@H](CCN)CC(=O)CC(N)C1CCCCC1)C(C)O. The van der Waals surface area contributed by atoms with Crippen LogP contribution in [0.15, 0.2) is 0 Å². The van der Waals surface area contributed by atoms with Gasteiger partial charge in [0, 0.05) is 49.6 Å². The average Bonchev–Trinajstić information content (AvgIpc) is 2.80. The van der Waals surface area contributed by atoms with Gasteiger partial charge >= 0.3 is 0 Å². The van der Waals surface area contributed by atoms with Crippen molar-refractivity contribution >= 4 is 23.3 Å². The lowest BCUT2D eigenvalue weighted by Crippen LogP contribution is -2.51. The van der Waals surface area contributed by atoms with Gasteiger partial charge in [-0.15, -0.1) is 0 Å². The molecule has 0 aromatic rings. The third-order valence-electron chi connectivity index (χ3n) is 6.91. The summed E-state index contributed by atoms with van der Waals surface area (Å²) in [5, 5.41) is 12.8. The summed E-state index contributed by atoms with van der Waals surface area (Å²) in [6.07, 6.45) is 4.67. The fourth-order valence-electron chi connectivity index (χ4n) is 4.76. The number of nitrogens with two attached hydrogens (primary N) is 3. The van der Waals surface area contributed by atoms with E-state index in [1.54, 1.807) is 13.8 Å². The van der Waals surface area contributed by atoms with Crippen LogP contribution in [0.3, 0.4) is 0 Å². The Morgan fingerprint density at radius 1 is 0.941 bits per heavy atom. The number of aliphatic hydroxyl groups excluding tert-OH is 1. The quantitative estimate of drug-likeness (QED) is 0.215. The molecule has 0 saturated heterocycles. The van der Waals surface area contributed by atoms with Gasteiger partial charge in [-0.25, -0.2) is 0 Å². The van der Waals surface area contributed by atoms with Crippen LogP contribution >= 0.6 is 0 Å². The maximum absolute atomic E-state index is 13.0. The highest BCUT2D eigenvalue weighted by Gasteiger charge is 2.33. The van der Waals surface area contributed by atoms with E-state index in [4.69, 9.17) is 17.2 Å². The summed E-state index contributed by atoms with van der Waals surface area (Å²) >= 11 is 0. The van der Waals surface area contributed by atoms with Gasteiger partial charge in [0.2, 0.25) is 5.91 Å². The Labute approximate surface area is 204 Å².